The lowest BCUT2D eigenvalue weighted by Gasteiger charge is -2.29. The smallest absolute Gasteiger partial charge is 0.131 e. The molecule has 2 aromatic rings. The number of benzene rings is 2. The molecule has 0 spiro atoms. The molecule has 0 amide bonds. The Morgan fingerprint density at radius 1 is 0.815 bits per heavy atom. The van der Waals surface area contributed by atoms with Gasteiger partial charge in [-0.25, -0.2) is 8.78 Å². The molecule has 1 saturated carbocycles. The van der Waals surface area contributed by atoms with Crippen LogP contribution in [0.15, 0.2) is 36.4 Å². The summed E-state index contributed by atoms with van der Waals surface area (Å²) in [5.74, 6) is 0.653. The van der Waals surface area contributed by atoms with Crippen LogP contribution in [0.1, 0.15) is 82.3 Å². The first-order valence-corrected chi connectivity index (χ1v) is 10.7. The highest BCUT2D eigenvalue weighted by molar-refractivity contribution is 5.65. The van der Waals surface area contributed by atoms with Crippen molar-refractivity contribution in [2.45, 2.75) is 77.6 Å². The average Bonchev–Trinajstić information content (AvgIpc) is 2.69. The van der Waals surface area contributed by atoms with Gasteiger partial charge in [-0.1, -0.05) is 63.8 Å². The number of hydrogen-bond acceptors (Lipinski definition) is 0. The molecule has 1 aliphatic carbocycles. The van der Waals surface area contributed by atoms with E-state index in [0.717, 1.165) is 36.3 Å². The quantitative estimate of drug-likeness (QED) is 0.432. The lowest BCUT2D eigenvalue weighted by Crippen LogP contribution is -2.13. The second-order valence-electron chi connectivity index (χ2n) is 8.12. The topological polar surface area (TPSA) is 0 Å². The van der Waals surface area contributed by atoms with E-state index in [-0.39, 0.29) is 11.6 Å². The molecule has 146 valence electrons. The van der Waals surface area contributed by atoms with E-state index in [1.807, 2.05) is 19.1 Å². The Kier molecular flexibility index (Phi) is 7.04. The molecule has 0 aliphatic heterocycles. The van der Waals surface area contributed by atoms with Crippen molar-refractivity contribution in [1.82, 2.24) is 0 Å². The van der Waals surface area contributed by atoms with Crippen LogP contribution in [0.4, 0.5) is 8.78 Å². The first-order chi connectivity index (χ1) is 13.1. The van der Waals surface area contributed by atoms with E-state index >= 15 is 0 Å². The molecule has 1 aliphatic rings. The molecule has 0 heterocycles. The van der Waals surface area contributed by atoms with E-state index in [2.05, 4.69) is 6.92 Å². The van der Waals surface area contributed by atoms with E-state index in [9.17, 15) is 8.78 Å². The molecule has 2 heteroatoms. The van der Waals surface area contributed by atoms with Gasteiger partial charge in [0.2, 0.25) is 0 Å². The van der Waals surface area contributed by atoms with Crippen LogP contribution in [0.5, 0.6) is 0 Å². The van der Waals surface area contributed by atoms with Crippen LogP contribution in [0, 0.1) is 17.6 Å². The summed E-state index contributed by atoms with van der Waals surface area (Å²) in [6, 6.07) is 10.5. The van der Waals surface area contributed by atoms with Gasteiger partial charge in [-0.05, 0) is 67.2 Å². The Labute approximate surface area is 163 Å². The zero-order valence-electron chi connectivity index (χ0n) is 16.7. The summed E-state index contributed by atoms with van der Waals surface area (Å²) in [4.78, 5) is 0. The van der Waals surface area contributed by atoms with Crippen molar-refractivity contribution in [1.29, 1.82) is 0 Å². The number of hydrogen-bond donors (Lipinski definition) is 0. The average molecular weight is 371 g/mol. The van der Waals surface area contributed by atoms with Gasteiger partial charge in [0, 0.05) is 11.1 Å². The molecule has 0 atom stereocenters. The van der Waals surface area contributed by atoms with Gasteiger partial charge in [0.25, 0.3) is 0 Å². The minimum Gasteiger partial charge on any atom is -0.206 e. The standard InChI is InChI=1S/C25H32F2/c1-3-5-6-7-19-8-11-20(12-9-19)21-13-15-23(25(27)17-21)22-14-10-18(4-2)16-24(22)26/h10,13-17,19-20H,3-9,11-12H2,1-2H3. The summed E-state index contributed by atoms with van der Waals surface area (Å²) in [5.41, 5.74) is 2.74. The van der Waals surface area contributed by atoms with Crippen molar-refractivity contribution in [2.24, 2.45) is 5.92 Å². The zero-order valence-corrected chi connectivity index (χ0v) is 16.7. The molecule has 2 aromatic carbocycles. The monoisotopic (exact) mass is 370 g/mol. The lowest BCUT2D eigenvalue weighted by molar-refractivity contribution is 0.302. The Hall–Kier alpha value is -1.70. The van der Waals surface area contributed by atoms with Crippen molar-refractivity contribution in [3.8, 4) is 11.1 Å². The Morgan fingerprint density at radius 3 is 2.07 bits per heavy atom. The van der Waals surface area contributed by atoms with Crippen molar-refractivity contribution >= 4 is 0 Å². The lowest BCUT2D eigenvalue weighted by atomic mass is 9.77. The fourth-order valence-electron chi connectivity index (χ4n) is 4.47. The predicted octanol–water partition coefficient (Wildman–Crippen LogP) is 8.05. The van der Waals surface area contributed by atoms with Crippen molar-refractivity contribution < 1.29 is 8.78 Å². The summed E-state index contributed by atoms with van der Waals surface area (Å²) >= 11 is 0. The van der Waals surface area contributed by atoms with Crippen LogP contribution in [0.25, 0.3) is 11.1 Å². The van der Waals surface area contributed by atoms with Gasteiger partial charge in [-0.2, -0.15) is 0 Å². The number of unbranched alkanes of at least 4 members (excludes halogenated alkanes) is 2. The highest BCUT2D eigenvalue weighted by Gasteiger charge is 2.23. The fourth-order valence-corrected chi connectivity index (χ4v) is 4.47. The minimum absolute atomic E-state index is 0.305. The third-order valence-electron chi connectivity index (χ3n) is 6.26. The molecule has 27 heavy (non-hydrogen) atoms. The third kappa shape index (κ3) is 4.97. The van der Waals surface area contributed by atoms with E-state index < -0.39 is 0 Å². The molecule has 0 bridgehead atoms. The zero-order chi connectivity index (χ0) is 19.2. The van der Waals surface area contributed by atoms with Crippen molar-refractivity contribution in [3.63, 3.8) is 0 Å². The summed E-state index contributed by atoms with van der Waals surface area (Å²) in [5, 5.41) is 0. The minimum atomic E-state index is -0.339. The highest BCUT2D eigenvalue weighted by atomic mass is 19.1. The van der Waals surface area contributed by atoms with Crippen LogP contribution >= 0.6 is 0 Å². The number of aryl methyl sites for hydroxylation is 1. The highest BCUT2D eigenvalue weighted by Crippen LogP contribution is 2.39. The first kappa shape index (κ1) is 20.0. The molecule has 0 nitrogen and oxygen atoms in total. The van der Waals surface area contributed by atoms with Crippen LogP contribution in [-0.4, -0.2) is 0 Å². The summed E-state index contributed by atoms with van der Waals surface area (Å²) in [7, 11) is 0. The molecule has 0 radical (unpaired) electrons. The number of halogens is 2. The first-order valence-electron chi connectivity index (χ1n) is 10.7. The largest absolute Gasteiger partial charge is 0.206 e. The van der Waals surface area contributed by atoms with Crippen LogP contribution in [0.2, 0.25) is 0 Å². The Bertz CT molecular complexity index is 742. The Morgan fingerprint density at radius 2 is 1.48 bits per heavy atom. The van der Waals surface area contributed by atoms with Crippen LogP contribution in [-0.2, 0) is 6.42 Å². The molecular weight excluding hydrogens is 338 g/mol. The second-order valence-corrected chi connectivity index (χ2v) is 8.12. The van der Waals surface area contributed by atoms with Crippen LogP contribution in [0.3, 0.4) is 0 Å². The third-order valence-corrected chi connectivity index (χ3v) is 6.26. The van der Waals surface area contributed by atoms with E-state index in [1.54, 1.807) is 18.2 Å². The molecule has 0 unspecified atom stereocenters. The maximum atomic E-state index is 14.8. The molecule has 0 aromatic heterocycles. The molecule has 0 N–H and O–H groups in total. The van der Waals surface area contributed by atoms with E-state index in [1.165, 1.54) is 44.6 Å². The summed E-state index contributed by atoms with van der Waals surface area (Å²) in [6.07, 6.45) is 10.9. The summed E-state index contributed by atoms with van der Waals surface area (Å²) in [6.45, 7) is 4.24. The normalized spacial score (nSPS) is 20.0. The number of rotatable bonds is 7. The van der Waals surface area contributed by atoms with Gasteiger partial charge < -0.3 is 0 Å². The van der Waals surface area contributed by atoms with Gasteiger partial charge in [-0.15, -0.1) is 0 Å². The Balaban J connectivity index is 1.67. The second kappa shape index (κ2) is 9.48. The molecule has 3 rings (SSSR count). The van der Waals surface area contributed by atoms with E-state index in [0.29, 0.717) is 17.0 Å². The fraction of sp³-hybridized carbons (Fsp3) is 0.520. The summed E-state index contributed by atoms with van der Waals surface area (Å²) < 4.78 is 29.1. The maximum Gasteiger partial charge on any atom is 0.131 e. The van der Waals surface area contributed by atoms with Gasteiger partial charge in [0.05, 0.1) is 0 Å². The SMILES string of the molecule is CCCCCC1CCC(c2ccc(-c3ccc(CC)cc3F)c(F)c2)CC1. The van der Waals surface area contributed by atoms with Crippen molar-refractivity contribution in [2.75, 3.05) is 0 Å². The molecule has 1 fully saturated rings. The predicted molar refractivity (Wildman–Crippen MR) is 110 cm³/mol. The van der Waals surface area contributed by atoms with Gasteiger partial charge >= 0.3 is 0 Å². The van der Waals surface area contributed by atoms with Gasteiger partial charge in [0.1, 0.15) is 11.6 Å². The van der Waals surface area contributed by atoms with Crippen molar-refractivity contribution in [3.05, 3.63) is 59.2 Å². The van der Waals surface area contributed by atoms with Gasteiger partial charge in [0.15, 0.2) is 0 Å². The van der Waals surface area contributed by atoms with E-state index in [4.69, 9.17) is 0 Å². The maximum absolute atomic E-state index is 14.8. The van der Waals surface area contributed by atoms with Gasteiger partial charge in [-0.3, -0.25) is 0 Å². The molecular formula is C25H32F2. The van der Waals surface area contributed by atoms with Crippen LogP contribution < -0.4 is 0 Å². The molecule has 0 saturated heterocycles.